The van der Waals surface area contributed by atoms with Crippen molar-refractivity contribution in [1.82, 2.24) is 0 Å². The van der Waals surface area contributed by atoms with Gasteiger partial charge in [-0.1, -0.05) is 17.9 Å². The molecule has 0 saturated heterocycles. The molecule has 1 N–H and O–H groups in total. The summed E-state index contributed by atoms with van der Waals surface area (Å²) in [5, 5.41) is 12.7. The van der Waals surface area contributed by atoms with Gasteiger partial charge in [-0.2, -0.15) is 0 Å². The molecule has 2 rings (SSSR count). The Morgan fingerprint density at radius 3 is 2.93 bits per heavy atom. The minimum absolute atomic E-state index is 0.134. The molecule has 76 valence electrons. The van der Waals surface area contributed by atoms with E-state index in [2.05, 4.69) is 40.8 Å². The monoisotopic (exact) mass is 234 g/mol. The van der Waals surface area contributed by atoms with Crippen molar-refractivity contribution in [3.8, 4) is 21.6 Å². The van der Waals surface area contributed by atoms with E-state index in [9.17, 15) is 0 Å². The highest BCUT2D eigenvalue weighted by atomic mass is 32.1. The van der Waals surface area contributed by atoms with E-state index in [0.717, 1.165) is 5.56 Å². The molecule has 1 nitrogen and oxygen atoms in total. The second-order valence-corrected chi connectivity index (χ2v) is 4.81. The van der Waals surface area contributed by atoms with Crippen LogP contribution >= 0.6 is 22.7 Å². The van der Waals surface area contributed by atoms with Crippen molar-refractivity contribution in [2.24, 2.45) is 0 Å². The summed E-state index contributed by atoms with van der Waals surface area (Å²) in [6.07, 6.45) is 0.546. The van der Waals surface area contributed by atoms with E-state index in [4.69, 9.17) is 5.11 Å². The van der Waals surface area contributed by atoms with Gasteiger partial charge in [-0.25, -0.2) is 0 Å². The predicted octanol–water partition coefficient (Wildman–Crippen LogP) is 3.21. The van der Waals surface area contributed by atoms with E-state index in [1.807, 2.05) is 0 Å². The Hall–Kier alpha value is -1.08. The maximum atomic E-state index is 8.60. The summed E-state index contributed by atoms with van der Waals surface area (Å²) >= 11 is 3.45. The molecule has 0 fully saturated rings. The lowest BCUT2D eigenvalue weighted by Crippen LogP contribution is -1.75. The predicted molar refractivity (Wildman–Crippen MR) is 66.2 cm³/mol. The molecule has 0 aliphatic heterocycles. The van der Waals surface area contributed by atoms with Crippen LogP contribution in [0.2, 0.25) is 0 Å². The van der Waals surface area contributed by atoms with E-state index in [1.54, 1.807) is 22.7 Å². The van der Waals surface area contributed by atoms with E-state index >= 15 is 0 Å². The summed E-state index contributed by atoms with van der Waals surface area (Å²) in [7, 11) is 0. The quantitative estimate of drug-likeness (QED) is 0.791. The molecule has 0 aliphatic rings. The SMILES string of the molecule is OCCC#Cc1csc(-c2cccs2)c1. The third-order valence-electron chi connectivity index (χ3n) is 1.83. The molecular weight excluding hydrogens is 224 g/mol. The molecule has 0 bridgehead atoms. The summed E-state index contributed by atoms with van der Waals surface area (Å²) in [5.74, 6) is 5.95. The molecule has 0 atom stereocenters. The molecule has 0 unspecified atom stereocenters. The molecule has 2 heterocycles. The highest BCUT2D eigenvalue weighted by Crippen LogP contribution is 2.30. The smallest absolute Gasteiger partial charge is 0.0540 e. The van der Waals surface area contributed by atoms with Gasteiger partial charge < -0.3 is 5.11 Å². The van der Waals surface area contributed by atoms with Crippen LogP contribution in [0.1, 0.15) is 12.0 Å². The van der Waals surface area contributed by atoms with Crippen molar-refractivity contribution in [3.63, 3.8) is 0 Å². The summed E-state index contributed by atoms with van der Waals surface area (Å²) < 4.78 is 0. The second kappa shape index (κ2) is 5.13. The van der Waals surface area contributed by atoms with Crippen LogP contribution in [0.25, 0.3) is 9.75 Å². The van der Waals surface area contributed by atoms with Gasteiger partial charge in [0.05, 0.1) is 6.61 Å². The normalized spacial score (nSPS) is 9.67. The number of aliphatic hydroxyl groups is 1. The first-order valence-corrected chi connectivity index (χ1v) is 6.38. The van der Waals surface area contributed by atoms with Gasteiger partial charge in [0.1, 0.15) is 0 Å². The van der Waals surface area contributed by atoms with Gasteiger partial charge in [0.2, 0.25) is 0 Å². The highest BCUT2D eigenvalue weighted by molar-refractivity contribution is 7.20. The number of rotatable bonds is 2. The third-order valence-corrected chi connectivity index (χ3v) is 3.83. The molecule has 3 heteroatoms. The van der Waals surface area contributed by atoms with Crippen molar-refractivity contribution >= 4 is 22.7 Å². The highest BCUT2D eigenvalue weighted by Gasteiger charge is 2.01. The summed E-state index contributed by atoms with van der Waals surface area (Å²) in [4.78, 5) is 2.55. The topological polar surface area (TPSA) is 20.2 Å². The van der Waals surface area contributed by atoms with Gasteiger partial charge in [-0.3, -0.25) is 0 Å². The molecular formula is C12H10OS2. The lowest BCUT2D eigenvalue weighted by molar-refractivity contribution is 0.305. The molecule has 0 radical (unpaired) electrons. The van der Waals surface area contributed by atoms with Crippen LogP contribution < -0.4 is 0 Å². The molecule has 0 aliphatic carbocycles. The van der Waals surface area contributed by atoms with Gasteiger partial charge in [0.25, 0.3) is 0 Å². The molecule has 2 aromatic heterocycles. The molecule has 0 spiro atoms. The lowest BCUT2D eigenvalue weighted by atomic mass is 10.3. The maximum absolute atomic E-state index is 8.60. The largest absolute Gasteiger partial charge is 0.395 e. The van der Waals surface area contributed by atoms with Gasteiger partial charge in [-0.15, -0.1) is 22.7 Å². The van der Waals surface area contributed by atoms with Crippen molar-refractivity contribution in [3.05, 3.63) is 34.5 Å². The number of hydrogen-bond donors (Lipinski definition) is 1. The first kappa shape index (κ1) is 10.4. The van der Waals surface area contributed by atoms with Crippen molar-refractivity contribution < 1.29 is 5.11 Å². The van der Waals surface area contributed by atoms with Gasteiger partial charge in [0.15, 0.2) is 0 Å². The Labute approximate surface area is 97.0 Å². The van der Waals surface area contributed by atoms with Crippen LogP contribution in [-0.2, 0) is 0 Å². The zero-order valence-electron chi connectivity index (χ0n) is 8.06. The number of hydrogen-bond acceptors (Lipinski definition) is 3. The molecule has 0 saturated carbocycles. The Kier molecular flexibility index (Phi) is 3.57. The summed E-state index contributed by atoms with van der Waals surface area (Å²) in [5.41, 5.74) is 1.04. The molecule has 2 aromatic rings. The molecule has 0 aromatic carbocycles. The van der Waals surface area contributed by atoms with Crippen LogP contribution in [0, 0.1) is 11.8 Å². The number of aliphatic hydroxyl groups excluding tert-OH is 1. The van der Waals surface area contributed by atoms with Gasteiger partial charge >= 0.3 is 0 Å². The van der Waals surface area contributed by atoms with Crippen molar-refractivity contribution in [2.75, 3.05) is 6.61 Å². The fourth-order valence-corrected chi connectivity index (χ4v) is 2.85. The summed E-state index contributed by atoms with van der Waals surface area (Å²) in [6, 6.07) is 6.26. The third kappa shape index (κ3) is 2.69. The van der Waals surface area contributed by atoms with Crippen molar-refractivity contribution in [1.29, 1.82) is 0 Å². The number of thiophene rings is 2. The standard InChI is InChI=1S/C12H10OS2/c13-6-2-1-4-10-8-12(15-9-10)11-5-3-7-14-11/h3,5,7-9,13H,2,6H2. The fraction of sp³-hybridized carbons (Fsp3) is 0.167. The first-order chi connectivity index (χ1) is 7.40. The van der Waals surface area contributed by atoms with Gasteiger partial charge in [-0.05, 0) is 17.5 Å². The minimum Gasteiger partial charge on any atom is -0.395 e. The maximum Gasteiger partial charge on any atom is 0.0540 e. The van der Waals surface area contributed by atoms with Crippen LogP contribution in [0.15, 0.2) is 29.0 Å². The summed E-state index contributed by atoms with van der Waals surface area (Å²) in [6.45, 7) is 0.134. The van der Waals surface area contributed by atoms with Crippen molar-refractivity contribution in [2.45, 2.75) is 6.42 Å². The Morgan fingerprint density at radius 1 is 1.27 bits per heavy atom. The van der Waals surface area contributed by atoms with Crippen LogP contribution in [0.4, 0.5) is 0 Å². The van der Waals surface area contributed by atoms with E-state index in [-0.39, 0.29) is 6.61 Å². The van der Waals surface area contributed by atoms with E-state index in [1.165, 1.54) is 9.75 Å². The van der Waals surface area contributed by atoms with Crippen LogP contribution in [-0.4, -0.2) is 11.7 Å². The average Bonchev–Trinajstić information content (AvgIpc) is 2.87. The van der Waals surface area contributed by atoms with Crippen LogP contribution in [0.3, 0.4) is 0 Å². The zero-order valence-corrected chi connectivity index (χ0v) is 9.70. The second-order valence-electron chi connectivity index (χ2n) is 2.95. The van der Waals surface area contributed by atoms with Crippen LogP contribution in [0.5, 0.6) is 0 Å². The Bertz CT molecular complexity index is 471. The first-order valence-electron chi connectivity index (χ1n) is 4.62. The minimum atomic E-state index is 0.134. The average molecular weight is 234 g/mol. The molecule has 15 heavy (non-hydrogen) atoms. The Balaban J connectivity index is 2.15. The van der Waals surface area contributed by atoms with Gasteiger partial charge in [0, 0.05) is 27.1 Å². The molecule has 0 amide bonds. The lowest BCUT2D eigenvalue weighted by Gasteiger charge is -1.86. The fourth-order valence-electron chi connectivity index (χ4n) is 1.17. The zero-order chi connectivity index (χ0) is 10.5. The van der Waals surface area contributed by atoms with E-state index in [0.29, 0.717) is 6.42 Å². The Morgan fingerprint density at radius 2 is 2.20 bits per heavy atom. The van der Waals surface area contributed by atoms with E-state index < -0.39 is 0 Å².